The molecule has 0 saturated heterocycles. The first-order chi connectivity index (χ1) is 15.4. The monoisotopic (exact) mass is 470 g/mol. The van der Waals surface area contributed by atoms with Gasteiger partial charge in [-0.25, -0.2) is 0 Å². The van der Waals surface area contributed by atoms with Gasteiger partial charge in [0.15, 0.2) is 16.8 Å². The van der Waals surface area contributed by atoms with Gasteiger partial charge in [-0.2, -0.15) is 0 Å². The van der Waals surface area contributed by atoms with E-state index < -0.39 is 0 Å². The summed E-state index contributed by atoms with van der Waals surface area (Å²) in [5, 5.41) is 12.3. The maximum atomic E-state index is 12.9. The number of anilines is 1. The van der Waals surface area contributed by atoms with E-state index in [9.17, 15) is 9.59 Å². The predicted octanol–water partition coefficient (Wildman–Crippen LogP) is 5.17. The number of halogens is 1. The molecule has 1 N–H and O–H groups in total. The lowest BCUT2D eigenvalue weighted by Gasteiger charge is -2.13. The molecular weight excluding hydrogens is 448 g/mol. The quantitative estimate of drug-likeness (QED) is 0.343. The average Bonchev–Trinajstić information content (AvgIpc) is 3.53. The number of benzene rings is 2. The average molecular weight is 471 g/mol. The molecule has 3 aromatic rings. The van der Waals surface area contributed by atoms with Crippen LogP contribution in [0, 0.1) is 0 Å². The highest BCUT2D eigenvalue weighted by atomic mass is 35.5. The van der Waals surface area contributed by atoms with Gasteiger partial charge in [-0.05, 0) is 56.2 Å². The second-order valence-corrected chi connectivity index (χ2v) is 9.32. The zero-order valence-electron chi connectivity index (χ0n) is 17.7. The molecule has 1 heterocycles. The lowest BCUT2D eigenvalue weighted by Crippen LogP contribution is -2.15. The molecule has 166 valence electrons. The predicted molar refractivity (Wildman–Crippen MR) is 124 cm³/mol. The molecule has 1 aliphatic rings. The first-order valence-corrected chi connectivity index (χ1v) is 11.6. The van der Waals surface area contributed by atoms with Gasteiger partial charge in [0, 0.05) is 24.2 Å². The molecule has 32 heavy (non-hydrogen) atoms. The number of carbonyl (C=O) groups is 2. The van der Waals surface area contributed by atoms with Crippen molar-refractivity contribution in [1.82, 2.24) is 14.8 Å². The minimum Gasteiger partial charge on any atom is -0.484 e. The number of nitrogens with zero attached hydrogens (tertiary/aromatic N) is 3. The molecular formula is C23H23ClN4O3S. The standard InChI is InChI=1S/C23H23ClN4O3S/c1-14(22(30)16-7-9-17(10-8-16)25-15(2)29)32-23-27-26-21(28(23)18-11-12-18)13-31-20-6-4-3-5-19(20)24/h3-10,14,18H,11-13H2,1-2H3,(H,25,29). The molecule has 1 atom stereocenters. The van der Waals surface area contributed by atoms with Gasteiger partial charge in [-0.1, -0.05) is 35.5 Å². The van der Waals surface area contributed by atoms with Gasteiger partial charge in [-0.3, -0.25) is 14.2 Å². The Morgan fingerprint density at radius 3 is 2.56 bits per heavy atom. The number of ether oxygens (including phenoxy) is 1. The molecule has 4 rings (SSSR count). The van der Waals surface area contributed by atoms with E-state index in [1.165, 1.54) is 18.7 Å². The van der Waals surface area contributed by atoms with Crippen molar-refractivity contribution in [1.29, 1.82) is 0 Å². The van der Waals surface area contributed by atoms with Gasteiger partial charge in [0.25, 0.3) is 0 Å². The van der Waals surface area contributed by atoms with Crippen LogP contribution in [0.25, 0.3) is 0 Å². The van der Waals surface area contributed by atoms with Gasteiger partial charge in [0.2, 0.25) is 5.91 Å². The van der Waals surface area contributed by atoms with Crippen molar-refractivity contribution in [2.45, 2.75) is 49.7 Å². The van der Waals surface area contributed by atoms with Crippen LogP contribution in [0.4, 0.5) is 5.69 Å². The third-order valence-corrected chi connectivity index (χ3v) is 6.35. The molecule has 0 radical (unpaired) electrons. The van der Waals surface area contributed by atoms with E-state index in [0.29, 0.717) is 39.0 Å². The van der Waals surface area contributed by atoms with Crippen LogP contribution in [0.3, 0.4) is 0 Å². The van der Waals surface area contributed by atoms with E-state index in [2.05, 4.69) is 20.1 Å². The molecule has 0 bridgehead atoms. The third-order valence-electron chi connectivity index (χ3n) is 4.98. The SMILES string of the molecule is CC(=O)Nc1ccc(C(=O)C(C)Sc2nnc(COc3ccccc3Cl)n2C2CC2)cc1. The van der Waals surface area contributed by atoms with Crippen molar-refractivity contribution in [2.75, 3.05) is 5.32 Å². The Balaban J connectivity index is 1.45. The topological polar surface area (TPSA) is 86.1 Å². The summed E-state index contributed by atoms with van der Waals surface area (Å²) in [7, 11) is 0. The smallest absolute Gasteiger partial charge is 0.221 e. The zero-order valence-corrected chi connectivity index (χ0v) is 19.3. The molecule has 0 aliphatic heterocycles. The van der Waals surface area contributed by atoms with Gasteiger partial charge in [0.1, 0.15) is 12.4 Å². The minimum atomic E-state index is -0.347. The second kappa shape index (κ2) is 9.75. The fraction of sp³-hybridized carbons (Fsp3) is 0.304. The highest BCUT2D eigenvalue weighted by molar-refractivity contribution is 8.00. The molecule has 1 fully saturated rings. The molecule has 7 nitrogen and oxygen atoms in total. The van der Waals surface area contributed by atoms with Crippen molar-refractivity contribution in [3.05, 3.63) is 64.9 Å². The Hall–Kier alpha value is -2.84. The number of rotatable bonds is 9. The van der Waals surface area contributed by atoms with Crippen molar-refractivity contribution in [3.8, 4) is 5.75 Å². The Morgan fingerprint density at radius 1 is 1.19 bits per heavy atom. The molecule has 1 unspecified atom stereocenters. The van der Waals surface area contributed by atoms with Crippen LogP contribution in [-0.4, -0.2) is 31.7 Å². The number of carbonyl (C=O) groups excluding carboxylic acids is 2. The van der Waals surface area contributed by atoms with Crippen LogP contribution < -0.4 is 10.1 Å². The van der Waals surface area contributed by atoms with Gasteiger partial charge >= 0.3 is 0 Å². The van der Waals surface area contributed by atoms with Crippen LogP contribution >= 0.6 is 23.4 Å². The van der Waals surface area contributed by atoms with Crippen LogP contribution in [0.15, 0.2) is 53.7 Å². The van der Waals surface area contributed by atoms with Crippen molar-refractivity contribution < 1.29 is 14.3 Å². The molecule has 2 aromatic carbocycles. The molecule has 1 saturated carbocycles. The van der Waals surface area contributed by atoms with Gasteiger partial charge in [-0.15, -0.1) is 10.2 Å². The first kappa shape index (κ1) is 22.4. The number of Topliss-reactive ketones (excluding diaryl/α,β-unsaturated/α-hetero) is 1. The molecule has 1 aromatic heterocycles. The summed E-state index contributed by atoms with van der Waals surface area (Å²) < 4.78 is 7.93. The third kappa shape index (κ3) is 5.31. The van der Waals surface area contributed by atoms with E-state index in [-0.39, 0.29) is 23.5 Å². The number of amides is 1. The summed E-state index contributed by atoms with van der Waals surface area (Å²) in [4.78, 5) is 24.1. The van der Waals surface area contributed by atoms with Crippen LogP contribution in [-0.2, 0) is 11.4 Å². The summed E-state index contributed by atoms with van der Waals surface area (Å²) in [6.45, 7) is 3.56. The van der Waals surface area contributed by atoms with E-state index in [1.807, 2.05) is 25.1 Å². The minimum absolute atomic E-state index is 0.0106. The van der Waals surface area contributed by atoms with Gasteiger partial charge < -0.3 is 10.1 Å². The van der Waals surface area contributed by atoms with Crippen LogP contribution in [0.2, 0.25) is 5.02 Å². The largest absolute Gasteiger partial charge is 0.484 e. The lowest BCUT2D eigenvalue weighted by atomic mass is 10.1. The maximum Gasteiger partial charge on any atom is 0.221 e. The molecule has 1 amide bonds. The number of hydrogen-bond donors (Lipinski definition) is 1. The summed E-state index contributed by atoms with van der Waals surface area (Å²) in [5.74, 6) is 1.15. The van der Waals surface area contributed by atoms with E-state index in [0.717, 1.165) is 12.8 Å². The fourth-order valence-electron chi connectivity index (χ4n) is 3.26. The fourth-order valence-corrected chi connectivity index (χ4v) is 4.46. The van der Waals surface area contributed by atoms with E-state index in [4.69, 9.17) is 16.3 Å². The molecule has 9 heteroatoms. The Bertz CT molecular complexity index is 1130. The highest BCUT2D eigenvalue weighted by Crippen LogP contribution is 2.40. The van der Waals surface area contributed by atoms with Crippen molar-refractivity contribution >= 4 is 40.7 Å². The number of hydrogen-bond acceptors (Lipinski definition) is 6. The zero-order chi connectivity index (χ0) is 22.7. The number of thioether (sulfide) groups is 1. The van der Waals surface area contributed by atoms with Gasteiger partial charge in [0.05, 0.1) is 10.3 Å². The molecule has 0 spiro atoms. The number of ketones is 1. The summed E-state index contributed by atoms with van der Waals surface area (Å²) in [5.41, 5.74) is 1.24. The number of para-hydroxylation sites is 1. The number of nitrogens with one attached hydrogen (secondary N) is 1. The van der Waals surface area contributed by atoms with Crippen molar-refractivity contribution in [2.24, 2.45) is 0 Å². The Labute approximate surface area is 195 Å². The summed E-state index contributed by atoms with van der Waals surface area (Å²) >= 11 is 7.57. The normalized spacial score (nSPS) is 14.1. The summed E-state index contributed by atoms with van der Waals surface area (Å²) in [6.07, 6.45) is 2.11. The second-order valence-electron chi connectivity index (χ2n) is 7.60. The van der Waals surface area contributed by atoms with Crippen LogP contribution in [0.5, 0.6) is 5.75 Å². The Morgan fingerprint density at radius 2 is 1.91 bits per heavy atom. The van der Waals surface area contributed by atoms with Crippen LogP contribution in [0.1, 0.15) is 48.9 Å². The lowest BCUT2D eigenvalue weighted by molar-refractivity contribution is -0.114. The Kier molecular flexibility index (Phi) is 6.81. The highest BCUT2D eigenvalue weighted by Gasteiger charge is 2.31. The maximum absolute atomic E-state index is 12.9. The summed E-state index contributed by atoms with van der Waals surface area (Å²) in [6, 6.07) is 14.5. The number of aromatic nitrogens is 3. The molecule has 1 aliphatic carbocycles. The first-order valence-electron chi connectivity index (χ1n) is 10.3. The van der Waals surface area contributed by atoms with Crippen molar-refractivity contribution in [3.63, 3.8) is 0 Å². The van der Waals surface area contributed by atoms with E-state index in [1.54, 1.807) is 30.3 Å². The van der Waals surface area contributed by atoms with E-state index >= 15 is 0 Å².